The highest BCUT2D eigenvalue weighted by Gasteiger charge is 2.52. The fraction of sp³-hybridized carbons (Fsp3) is 0.400. The Bertz CT molecular complexity index is 1450. The highest BCUT2D eigenvalue weighted by molar-refractivity contribution is 6.30. The Kier molecular flexibility index (Phi) is 6.62. The van der Waals surface area contributed by atoms with Gasteiger partial charge < -0.3 is 14.8 Å². The summed E-state index contributed by atoms with van der Waals surface area (Å²) in [6.07, 6.45) is 10.2. The minimum Gasteiger partial charge on any atom is -0.493 e. The topological polar surface area (TPSA) is 47.6 Å². The molecular formula is C35H36ClNO3. The highest BCUT2D eigenvalue weighted by Crippen LogP contribution is 2.57. The van der Waals surface area contributed by atoms with Crippen LogP contribution in [0.5, 0.6) is 5.75 Å². The Labute approximate surface area is 241 Å². The third kappa shape index (κ3) is 5.03. The summed E-state index contributed by atoms with van der Waals surface area (Å²) in [6, 6.07) is 25.0. The fourth-order valence-corrected chi connectivity index (χ4v) is 6.78. The van der Waals surface area contributed by atoms with E-state index in [1.165, 1.54) is 35.1 Å². The van der Waals surface area contributed by atoms with Crippen molar-refractivity contribution < 1.29 is 14.3 Å². The highest BCUT2D eigenvalue weighted by atomic mass is 35.5. The molecule has 1 N–H and O–H groups in total. The Morgan fingerprint density at radius 1 is 0.850 bits per heavy atom. The summed E-state index contributed by atoms with van der Waals surface area (Å²) in [7, 11) is 0. The third-order valence-electron chi connectivity index (χ3n) is 9.32. The summed E-state index contributed by atoms with van der Waals surface area (Å²) >= 11 is 6.32. The monoisotopic (exact) mass is 553 g/mol. The van der Waals surface area contributed by atoms with Crippen molar-refractivity contribution in [3.8, 4) is 5.75 Å². The quantitative estimate of drug-likeness (QED) is 0.271. The van der Waals surface area contributed by atoms with Crippen LogP contribution in [0, 0.1) is 11.8 Å². The second-order valence-electron chi connectivity index (χ2n) is 12.3. The van der Waals surface area contributed by atoms with Crippen molar-refractivity contribution in [2.24, 2.45) is 11.8 Å². The van der Waals surface area contributed by atoms with Crippen LogP contribution in [0.3, 0.4) is 0 Å². The number of hydrogen-bond acceptors (Lipinski definition) is 4. The summed E-state index contributed by atoms with van der Waals surface area (Å²) in [5.74, 6) is 2.03. The lowest BCUT2D eigenvalue weighted by Crippen LogP contribution is -2.53. The Hall–Kier alpha value is -3.24. The number of anilines is 1. The summed E-state index contributed by atoms with van der Waals surface area (Å²) in [4.78, 5) is 13.8. The van der Waals surface area contributed by atoms with Gasteiger partial charge in [0.1, 0.15) is 11.3 Å². The molecule has 0 amide bonds. The molecular weight excluding hydrogens is 518 g/mol. The van der Waals surface area contributed by atoms with Crippen molar-refractivity contribution in [1.29, 1.82) is 0 Å². The molecule has 0 bridgehead atoms. The summed E-state index contributed by atoms with van der Waals surface area (Å²) < 4.78 is 12.1. The van der Waals surface area contributed by atoms with Gasteiger partial charge in [0.05, 0.1) is 13.2 Å². The molecule has 5 heteroatoms. The molecule has 0 atom stereocenters. The SMILES string of the molecule is O=C(OCC1CC1)C1(Nc2cccc(Cl)c2)CCC2(CC1)C(c1cccc(OCC3CC3)c1)=Cc1ccccc12. The van der Waals surface area contributed by atoms with Crippen LogP contribution >= 0.6 is 11.6 Å². The first-order valence-corrected chi connectivity index (χ1v) is 15.2. The van der Waals surface area contributed by atoms with E-state index in [0.717, 1.165) is 43.7 Å². The second kappa shape index (κ2) is 10.3. The zero-order chi connectivity index (χ0) is 27.2. The van der Waals surface area contributed by atoms with Crippen LogP contribution in [0.4, 0.5) is 5.69 Å². The van der Waals surface area contributed by atoms with Gasteiger partial charge in [-0.2, -0.15) is 0 Å². The molecule has 0 aromatic heterocycles. The van der Waals surface area contributed by atoms with Gasteiger partial charge >= 0.3 is 5.97 Å². The van der Waals surface area contributed by atoms with E-state index in [1.807, 2.05) is 24.3 Å². The number of nitrogens with one attached hydrogen (secondary N) is 1. The van der Waals surface area contributed by atoms with Gasteiger partial charge in [0.25, 0.3) is 0 Å². The van der Waals surface area contributed by atoms with Crippen LogP contribution in [0.25, 0.3) is 11.6 Å². The van der Waals surface area contributed by atoms with Crippen LogP contribution in [0.2, 0.25) is 5.02 Å². The molecule has 206 valence electrons. The van der Waals surface area contributed by atoms with E-state index in [2.05, 4.69) is 59.9 Å². The van der Waals surface area contributed by atoms with E-state index >= 15 is 0 Å². The van der Waals surface area contributed by atoms with Gasteiger partial charge in [-0.15, -0.1) is 0 Å². The maximum Gasteiger partial charge on any atom is 0.331 e. The molecule has 3 aromatic rings. The molecule has 3 fully saturated rings. The van der Waals surface area contributed by atoms with E-state index in [1.54, 1.807) is 0 Å². The van der Waals surface area contributed by atoms with Crippen molar-refractivity contribution in [2.75, 3.05) is 18.5 Å². The molecule has 0 radical (unpaired) electrons. The lowest BCUT2D eigenvalue weighted by molar-refractivity contribution is -0.151. The van der Waals surface area contributed by atoms with Gasteiger partial charge in [-0.25, -0.2) is 4.79 Å². The molecule has 0 aliphatic heterocycles. The molecule has 0 saturated heterocycles. The zero-order valence-corrected chi connectivity index (χ0v) is 23.6. The summed E-state index contributed by atoms with van der Waals surface area (Å²) in [5, 5.41) is 4.26. The maximum absolute atomic E-state index is 13.8. The first-order valence-electron chi connectivity index (χ1n) is 14.8. The average Bonchev–Trinajstić information content (AvgIpc) is 3.91. The van der Waals surface area contributed by atoms with Crippen LogP contribution in [0.1, 0.15) is 68.1 Å². The zero-order valence-electron chi connectivity index (χ0n) is 22.8. The molecule has 4 nitrogen and oxygen atoms in total. The van der Waals surface area contributed by atoms with E-state index < -0.39 is 5.54 Å². The van der Waals surface area contributed by atoms with Crippen LogP contribution < -0.4 is 10.1 Å². The van der Waals surface area contributed by atoms with Crippen LogP contribution in [-0.2, 0) is 14.9 Å². The second-order valence-corrected chi connectivity index (χ2v) is 12.7. The van der Waals surface area contributed by atoms with Gasteiger partial charge in [0.15, 0.2) is 0 Å². The number of fused-ring (bicyclic) bond motifs is 2. The Balaban J connectivity index is 1.20. The number of halogens is 1. The molecule has 3 saturated carbocycles. The molecule has 40 heavy (non-hydrogen) atoms. The Morgan fingerprint density at radius 3 is 2.38 bits per heavy atom. The molecule has 1 spiro atoms. The van der Waals surface area contributed by atoms with Crippen LogP contribution in [-0.4, -0.2) is 24.7 Å². The number of ether oxygens (including phenoxy) is 2. The smallest absolute Gasteiger partial charge is 0.331 e. The van der Waals surface area contributed by atoms with Crippen molar-refractivity contribution in [2.45, 2.75) is 62.3 Å². The number of benzene rings is 3. The first kappa shape index (κ1) is 25.7. The molecule has 7 rings (SSSR count). The third-order valence-corrected chi connectivity index (χ3v) is 9.56. The van der Waals surface area contributed by atoms with Crippen molar-refractivity contribution in [3.05, 3.63) is 94.5 Å². The minimum atomic E-state index is -0.789. The Morgan fingerprint density at radius 2 is 1.60 bits per heavy atom. The molecule has 3 aromatic carbocycles. The first-order chi connectivity index (χ1) is 19.5. The minimum absolute atomic E-state index is 0.137. The van der Waals surface area contributed by atoms with E-state index in [0.29, 0.717) is 36.3 Å². The molecule has 0 unspecified atom stereocenters. The largest absolute Gasteiger partial charge is 0.493 e. The average molecular weight is 554 g/mol. The molecule has 4 aliphatic rings. The number of allylic oxidation sites excluding steroid dienone is 1. The van der Waals surface area contributed by atoms with Crippen LogP contribution in [0.15, 0.2) is 72.8 Å². The van der Waals surface area contributed by atoms with E-state index in [9.17, 15) is 4.79 Å². The van der Waals surface area contributed by atoms with Crippen molar-refractivity contribution >= 4 is 34.9 Å². The van der Waals surface area contributed by atoms with Gasteiger partial charge in [-0.05, 0) is 122 Å². The van der Waals surface area contributed by atoms with Gasteiger partial charge in [0, 0.05) is 16.1 Å². The normalized spacial score (nSPS) is 25.3. The maximum atomic E-state index is 13.8. The van der Waals surface area contributed by atoms with E-state index in [-0.39, 0.29) is 11.4 Å². The predicted octanol–water partition coefficient (Wildman–Crippen LogP) is 8.30. The van der Waals surface area contributed by atoms with Gasteiger partial charge in [0.2, 0.25) is 0 Å². The van der Waals surface area contributed by atoms with Gasteiger partial charge in [-0.3, -0.25) is 0 Å². The lowest BCUT2D eigenvalue weighted by Gasteiger charge is -2.46. The predicted molar refractivity (Wildman–Crippen MR) is 161 cm³/mol. The molecule has 4 aliphatic carbocycles. The number of esters is 1. The lowest BCUT2D eigenvalue weighted by atomic mass is 9.61. The standard InChI is InChI=1S/C35H36ClNO3/c36-28-7-4-8-29(21-28)37-35(33(38)40-23-25-13-14-25)17-15-34(16-18-35)31-10-2-1-5-27(31)20-32(34)26-6-3-9-30(19-26)39-22-24-11-12-24/h1-10,19-21,24-25,37H,11-18,22-23H2. The summed E-state index contributed by atoms with van der Waals surface area (Å²) in [6.45, 7) is 1.32. The van der Waals surface area contributed by atoms with Crippen molar-refractivity contribution in [1.82, 2.24) is 0 Å². The molecule has 0 heterocycles. The van der Waals surface area contributed by atoms with E-state index in [4.69, 9.17) is 21.1 Å². The number of carbonyl (C=O) groups is 1. The summed E-state index contributed by atoms with van der Waals surface area (Å²) in [5.41, 5.74) is 5.06. The van der Waals surface area contributed by atoms with Crippen molar-refractivity contribution in [3.63, 3.8) is 0 Å². The fourth-order valence-electron chi connectivity index (χ4n) is 6.59. The number of hydrogen-bond donors (Lipinski definition) is 1. The number of rotatable bonds is 9. The number of carbonyl (C=O) groups excluding carboxylic acids is 1. The van der Waals surface area contributed by atoms with Gasteiger partial charge in [-0.1, -0.05) is 54.1 Å².